The highest BCUT2D eigenvalue weighted by atomic mass is 14.2. The summed E-state index contributed by atoms with van der Waals surface area (Å²) in [4.78, 5) is 0. The zero-order valence-electron chi connectivity index (χ0n) is 12.0. The van der Waals surface area contributed by atoms with Gasteiger partial charge in [-0.25, -0.2) is 0 Å². The maximum atomic E-state index is 4.05. The fraction of sp³-hybridized carbons (Fsp3) is 0.750. The second-order valence-electron chi connectivity index (χ2n) is 4.47. The minimum atomic E-state index is 0.304. The molecular formula is C16H32. The van der Waals surface area contributed by atoms with Crippen LogP contribution in [0.3, 0.4) is 0 Å². The van der Waals surface area contributed by atoms with Crippen molar-refractivity contribution in [3.05, 3.63) is 27.7 Å². The maximum Gasteiger partial charge on any atom is 0.0335 e. The van der Waals surface area contributed by atoms with Crippen molar-refractivity contribution >= 4 is 0 Å². The average Bonchev–Trinajstić information content (AvgIpc) is 2.26. The molecule has 0 aliphatic heterocycles. The first-order valence-electron chi connectivity index (χ1n) is 6.85. The predicted molar refractivity (Wildman–Crippen MR) is 76.6 cm³/mol. The van der Waals surface area contributed by atoms with E-state index in [4.69, 9.17) is 0 Å². The normalized spacial score (nSPS) is 17.9. The molecule has 0 aromatic carbocycles. The van der Waals surface area contributed by atoms with E-state index in [9.17, 15) is 0 Å². The lowest BCUT2D eigenvalue weighted by Gasteiger charge is -2.27. The largest absolute Gasteiger partial charge is 0.296 e. The van der Waals surface area contributed by atoms with Crippen LogP contribution in [0, 0.1) is 51.4 Å². The van der Waals surface area contributed by atoms with E-state index in [1.165, 1.54) is 25.7 Å². The molecule has 0 saturated heterocycles. The lowest BCUT2D eigenvalue weighted by molar-refractivity contribution is 0.278. The van der Waals surface area contributed by atoms with Crippen LogP contribution in [-0.2, 0) is 0 Å². The van der Waals surface area contributed by atoms with E-state index in [1.807, 2.05) is 13.8 Å². The summed E-state index contributed by atoms with van der Waals surface area (Å²) in [6.45, 7) is 24.6. The summed E-state index contributed by atoms with van der Waals surface area (Å²) in [6, 6.07) is 0. The van der Waals surface area contributed by atoms with Crippen LogP contribution in [0.5, 0.6) is 0 Å². The van der Waals surface area contributed by atoms with E-state index < -0.39 is 0 Å². The zero-order valence-corrected chi connectivity index (χ0v) is 12.0. The van der Waals surface area contributed by atoms with Gasteiger partial charge in [0.2, 0.25) is 0 Å². The van der Waals surface area contributed by atoms with Crippen molar-refractivity contribution in [3.8, 4) is 0 Å². The highest BCUT2D eigenvalue weighted by molar-refractivity contribution is 4.80. The summed E-state index contributed by atoms with van der Waals surface area (Å²) in [5.41, 5.74) is 0. The molecule has 0 heterocycles. The van der Waals surface area contributed by atoms with Gasteiger partial charge in [0.25, 0.3) is 0 Å². The van der Waals surface area contributed by atoms with Gasteiger partial charge in [0.15, 0.2) is 0 Å². The van der Waals surface area contributed by atoms with Crippen LogP contribution in [0.25, 0.3) is 0 Å². The van der Waals surface area contributed by atoms with Crippen LogP contribution < -0.4 is 0 Å². The minimum Gasteiger partial charge on any atom is -0.296 e. The minimum absolute atomic E-state index is 0.304. The Kier molecular flexibility index (Phi) is 12.7. The second-order valence-corrected chi connectivity index (χ2v) is 4.47. The molecule has 0 aromatic rings. The van der Waals surface area contributed by atoms with Gasteiger partial charge in [0.1, 0.15) is 0 Å². The standard InChI is InChI=1S/C14H26.C2H6/c1-7-9-14(12(5)6)10-13(8-2)11(3)4;1-2/h11-14H,3-10H2,1-2H3;1-2H3. The van der Waals surface area contributed by atoms with Gasteiger partial charge in [-0.05, 0) is 36.5 Å². The van der Waals surface area contributed by atoms with Gasteiger partial charge >= 0.3 is 0 Å². The third-order valence-corrected chi connectivity index (χ3v) is 3.12. The molecule has 0 saturated carbocycles. The molecule has 0 fully saturated rings. The highest BCUT2D eigenvalue weighted by Crippen LogP contribution is 2.29. The Morgan fingerprint density at radius 1 is 0.938 bits per heavy atom. The summed E-state index contributed by atoms with van der Waals surface area (Å²) in [5.74, 6) is 1.90. The van der Waals surface area contributed by atoms with Crippen LogP contribution in [-0.4, -0.2) is 0 Å². The molecule has 0 nitrogen and oxygen atoms in total. The van der Waals surface area contributed by atoms with Crippen molar-refractivity contribution in [1.29, 1.82) is 0 Å². The Balaban J connectivity index is 0. The first-order valence-corrected chi connectivity index (χ1v) is 6.85. The van der Waals surface area contributed by atoms with Crippen LogP contribution in [0.15, 0.2) is 0 Å². The second kappa shape index (κ2) is 11.2. The van der Waals surface area contributed by atoms with Gasteiger partial charge in [-0.1, -0.05) is 40.5 Å². The molecule has 0 aliphatic rings. The number of rotatable bonds is 7. The van der Waals surface area contributed by atoms with Gasteiger partial charge in [-0.2, -0.15) is 0 Å². The Morgan fingerprint density at radius 3 is 1.62 bits per heavy atom. The van der Waals surface area contributed by atoms with E-state index in [1.54, 1.807) is 0 Å². The molecule has 2 atom stereocenters. The Labute approximate surface area is 105 Å². The predicted octanol–water partition coefficient (Wildman–Crippen LogP) is 5.41. The molecular weight excluding hydrogens is 192 g/mol. The van der Waals surface area contributed by atoms with E-state index in [0.717, 1.165) is 0 Å². The molecule has 0 amide bonds. The molecule has 0 aromatic heterocycles. The topological polar surface area (TPSA) is 0 Å². The summed E-state index contributed by atoms with van der Waals surface area (Å²) in [7, 11) is 0. The van der Waals surface area contributed by atoms with Crippen LogP contribution in [0.2, 0.25) is 0 Å². The highest BCUT2D eigenvalue weighted by Gasteiger charge is 2.20. The van der Waals surface area contributed by atoms with E-state index in [0.29, 0.717) is 23.7 Å². The smallest absolute Gasteiger partial charge is 0.0335 e. The zero-order chi connectivity index (χ0) is 13.1. The maximum absolute atomic E-state index is 4.05. The molecule has 16 heavy (non-hydrogen) atoms. The molecule has 0 aliphatic carbocycles. The van der Waals surface area contributed by atoms with Crippen molar-refractivity contribution in [2.45, 2.75) is 53.4 Å². The van der Waals surface area contributed by atoms with Crippen molar-refractivity contribution in [1.82, 2.24) is 0 Å². The third kappa shape index (κ3) is 7.96. The molecule has 0 rings (SSSR count). The van der Waals surface area contributed by atoms with Gasteiger partial charge in [-0.15, -0.1) is 0 Å². The van der Waals surface area contributed by atoms with E-state index >= 15 is 0 Å². The number of hydrogen-bond acceptors (Lipinski definition) is 0. The summed E-state index contributed by atoms with van der Waals surface area (Å²) >= 11 is 0. The summed E-state index contributed by atoms with van der Waals surface area (Å²) in [6.07, 6.45) is 4.83. The van der Waals surface area contributed by atoms with Crippen molar-refractivity contribution in [3.63, 3.8) is 0 Å². The van der Waals surface area contributed by atoms with Crippen molar-refractivity contribution in [2.24, 2.45) is 23.7 Å². The fourth-order valence-corrected chi connectivity index (χ4v) is 2.00. The molecule has 0 bridgehead atoms. The van der Waals surface area contributed by atoms with E-state index in [2.05, 4.69) is 41.5 Å². The lowest BCUT2D eigenvalue weighted by atomic mass is 9.78. The Bertz CT molecular complexity index is 124. The number of hydrogen-bond donors (Lipinski definition) is 0. The van der Waals surface area contributed by atoms with Crippen molar-refractivity contribution in [2.75, 3.05) is 0 Å². The molecule has 96 valence electrons. The lowest BCUT2D eigenvalue weighted by Crippen LogP contribution is -2.18. The Hall–Kier alpha value is -0.260. The fourth-order valence-electron chi connectivity index (χ4n) is 2.00. The molecule has 0 radical (unpaired) electrons. The molecule has 0 N–H and O–H groups in total. The summed E-state index contributed by atoms with van der Waals surface area (Å²) in [5, 5.41) is 0. The molecule has 2 unspecified atom stereocenters. The molecule has 0 heteroatoms. The first-order chi connectivity index (χ1) is 7.52. The third-order valence-electron chi connectivity index (χ3n) is 3.12. The molecule has 0 spiro atoms. The van der Waals surface area contributed by atoms with Crippen molar-refractivity contribution < 1.29 is 0 Å². The van der Waals surface area contributed by atoms with Crippen LogP contribution in [0.1, 0.15) is 53.4 Å². The monoisotopic (exact) mass is 224 g/mol. The van der Waals surface area contributed by atoms with Gasteiger partial charge < -0.3 is 0 Å². The van der Waals surface area contributed by atoms with Crippen LogP contribution >= 0.6 is 0 Å². The quantitative estimate of drug-likeness (QED) is 0.507. The van der Waals surface area contributed by atoms with Gasteiger partial charge in [0.05, 0.1) is 0 Å². The van der Waals surface area contributed by atoms with E-state index in [-0.39, 0.29) is 0 Å². The average molecular weight is 224 g/mol. The Morgan fingerprint density at radius 2 is 1.38 bits per heavy atom. The van der Waals surface area contributed by atoms with Crippen LogP contribution in [0.4, 0.5) is 0 Å². The first kappa shape index (κ1) is 18.1. The SMILES string of the molecule is CC.[CH2+]C([CH2-])C(CC)CC(CCC)C([CH2+])[CH2-]. The summed E-state index contributed by atoms with van der Waals surface area (Å²) < 4.78 is 0. The van der Waals surface area contributed by atoms with Gasteiger partial charge in [-0.3, -0.25) is 13.8 Å². The van der Waals surface area contributed by atoms with Gasteiger partial charge in [0, 0.05) is 13.8 Å².